The number of rotatable bonds is 3. The number of hydrogen-bond acceptors (Lipinski definition) is 5. The van der Waals surface area contributed by atoms with E-state index in [2.05, 4.69) is 0 Å². The summed E-state index contributed by atoms with van der Waals surface area (Å²) in [4.78, 5) is 0. The molecule has 1 N–H and O–H groups in total. The molecule has 1 aromatic carbocycles. The molecule has 1 atom stereocenters. The third kappa shape index (κ3) is 2.89. The lowest BCUT2D eigenvalue weighted by molar-refractivity contribution is -0.180. The maximum Gasteiger partial charge on any atom is 0.496 e. The number of ether oxygens (including phenoxy) is 2. The summed E-state index contributed by atoms with van der Waals surface area (Å²) < 4.78 is 23.5. The number of aliphatic hydroxyl groups excluding tert-OH is 1. The van der Waals surface area contributed by atoms with Crippen molar-refractivity contribution >= 4 is 24.2 Å². The van der Waals surface area contributed by atoms with Crippen molar-refractivity contribution < 1.29 is 23.9 Å². The molecular formula is C17H24BClO5. The number of hydrogen-bond donors (Lipinski definition) is 1. The van der Waals surface area contributed by atoms with E-state index in [1.54, 1.807) is 0 Å². The van der Waals surface area contributed by atoms with Gasteiger partial charge in [-0.05, 0) is 27.7 Å². The van der Waals surface area contributed by atoms with E-state index in [1.165, 1.54) is 0 Å². The van der Waals surface area contributed by atoms with Crippen molar-refractivity contribution in [2.45, 2.75) is 44.5 Å². The molecular weight excluding hydrogens is 330 g/mol. The predicted molar refractivity (Wildman–Crippen MR) is 92.7 cm³/mol. The van der Waals surface area contributed by atoms with Crippen LogP contribution in [0.15, 0.2) is 18.2 Å². The van der Waals surface area contributed by atoms with E-state index in [4.69, 9.17) is 30.4 Å². The standard InChI is InChI=1S/C17H24BClO5/c1-15(2)16(3,4)24-18(23-15)13-7-5-6-12(14(13)19)17(10-20)11-21-8-9-22-17/h5-7,20H,8-11H2,1-4H3. The van der Waals surface area contributed by atoms with Gasteiger partial charge in [0, 0.05) is 16.0 Å². The zero-order valence-corrected chi connectivity index (χ0v) is 15.4. The van der Waals surface area contributed by atoms with Crippen LogP contribution in [0.5, 0.6) is 0 Å². The highest BCUT2D eigenvalue weighted by Crippen LogP contribution is 2.38. The third-order valence-electron chi connectivity index (χ3n) is 5.22. The maximum absolute atomic E-state index is 9.92. The van der Waals surface area contributed by atoms with E-state index in [1.807, 2.05) is 45.9 Å². The minimum Gasteiger partial charge on any atom is -0.399 e. The van der Waals surface area contributed by atoms with Crippen LogP contribution in [0.25, 0.3) is 0 Å². The molecule has 2 saturated heterocycles. The molecule has 0 amide bonds. The van der Waals surface area contributed by atoms with Crippen molar-refractivity contribution in [2.24, 2.45) is 0 Å². The molecule has 24 heavy (non-hydrogen) atoms. The molecule has 0 bridgehead atoms. The summed E-state index contributed by atoms with van der Waals surface area (Å²) in [7, 11) is -0.567. The molecule has 0 aromatic heterocycles. The Morgan fingerprint density at radius 3 is 2.33 bits per heavy atom. The molecule has 1 unspecified atom stereocenters. The van der Waals surface area contributed by atoms with E-state index in [0.717, 1.165) is 5.46 Å². The zero-order valence-electron chi connectivity index (χ0n) is 14.6. The molecule has 0 saturated carbocycles. The van der Waals surface area contributed by atoms with E-state index < -0.39 is 23.9 Å². The van der Waals surface area contributed by atoms with Crippen LogP contribution in [0.1, 0.15) is 33.3 Å². The molecule has 7 heteroatoms. The Hall–Kier alpha value is -0.625. The minimum absolute atomic E-state index is 0.209. The van der Waals surface area contributed by atoms with Gasteiger partial charge in [-0.1, -0.05) is 29.8 Å². The van der Waals surface area contributed by atoms with Crippen molar-refractivity contribution in [3.8, 4) is 0 Å². The van der Waals surface area contributed by atoms with E-state index >= 15 is 0 Å². The van der Waals surface area contributed by atoms with Gasteiger partial charge in [-0.15, -0.1) is 0 Å². The first kappa shape index (κ1) is 18.2. The molecule has 5 nitrogen and oxygen atoms in total. The average Bonchev–Trinajstić information content (AvgIpc) is 2.76. The molecule has 132 valence electrons. The first-order valence-corrected chi connectivity index (χ1v) is 8.57. The first-order chi connectivity index (χ1) is 11.2. The molecule has 0 aliphatic carbocycles. The number of benzene rings is 1. The topological polar surface area (TPSA) is 57.2 Å². The van der Waals surface area contributed by atoms with Crippen LogP contribution in [-0.2, 0) is 24.4 Å². The summed E-state index contributed by atoms with van der Waals surface area (Å²) in [5.41, 5.74) is -0.422. The highest BCUT2D eigenvalue weighted by molar-refractivity contribution is 6.65. The summed E-state index contributed by atoms with van der Waals surface area (Å²) in [6, 6.07) is 5.60. The second-order valence-electron chi connectivity index (χ2n) is 7.35. The van der Waals surface area contributed by atoms with Gasteiger partial charge in [0.25, 0.3) is 0 Å². The van der Waals surface area contributed by atoms with Crippen LogP contribution in [0.2, 0.25) is 5.02 Å². The predicted octanol–water partition coefficient (Wildman–Crippen LogP) is 1.87. The summed E-state index contributed by atoms with van der Waals surface area (Å²) >= 11 is 6.67. The van der Waals surface area contributed by atoms with Crippen molar-refractivity contribution in [2.75, 3.05) is 26.4 Å². The minimum atomic E-state index is -0.949. The second kappa shape index (κ2) is 6.27. The van der Waals surface area contributed by atoms with Crippen LogP contribution < -0.4 is 5.46 Å². The molecule has 0 radical (unpaired) electrons. The summed E-state index contributed by atoms with van der Waals surface area (Å²) in [5.74, 6) is 0. The molecule has 2 aliphatic heterocycles. The van der Waals surface area contributed by atoms with E-state index in [-0.39, 0.29) is 13.2 Å². The lowest BCUT2D eigenvalue weighted by Crippen LogP contribution is -2.45. The van der Waals surface area contributed by atoms with Gasteiger partial charge in [-0.2, -0.15) is 0 Å². The fourth-order valence-electron chi connectivity index (χ4n) is 2.96. The van der Waals surface area contributed by atoms with Crippen LogP contribution >= 0.6 is 11.6 Å². The van der Waals surface area contributed by atoms with Gasteiger partial charge in [0.15, 0.2) is 0 Å². The maximum atomic E-state index is 9.92. The first-order valence-electron chi connectivity index (χ1n) is 8.19. The Bertz CT molecular complexity index is 597. The van der Waals surface area contributed by atoms with E-state index in [9.17, 15) is 5.11 Å². The lowest BCUT2D eigenvalue weighted by Gasteiger charge is -2.36. The van der Waals surface area contributed by atoms with Crippen molar-refractivity contribution in [1.82, 2.24) is 0 Å². The van der Waals surface area contributed by atoms with Crippen molar-refractivity contribution in [3.05, 3.63) is 28.8 Å². The monoisotopic (exact) mass is 354 g/mol. The molecule has 0 spiro atoms. The van der Waals surface area contributed by atoms with Crippen molar-refractivity contribution in [1.29, 1.82) is 0 Å². The van der Waals surface area contributed by atoms with Crippen molar-refractivity contribution in [3.63, 3.8) is 0 Å². The van der Waals surface area contributed by atoms with Gasteiger partial charge in [-0.3, -0.25) is 0 Å². The molecule has 2 heterocycles. The number of halogens is 1. The normalized spacial score (nSPS) is 29.0. The Morgan fingerprint density at radius 2 is 1.79 bits per heavy atom. The Balaban J connectivity index is 1.98. The molecule has 2 fully saturated rings. The SMILES string of the molecule is CC1(C)OB(c2cccc(C3(CO)COCCO3)c2Cl)OC1(C)C. The summed E-state index contributed by atoms with van der Waals surface area (Å²) in [6.07, 6.45) is 0. The highest BCUT2D eigenvalue weighted by atomic mass is 35.5. The molecule has 1 aromatic rings. The fraction of sp³-hybridized carbons (Fsp3) is 0.647. The Morgan fingerprint density at radius 1 is 1.12 bits per heavy atom. The zero-order chi connectivity index (χ0) is 17.6. The summed E-state index contributed by atoms with van der Waals surface area (Å²) in [5, 5.41) is 10.4. The quantitative estimate of drug-likeness (QED) is 0.840. The van der Waals surface area contributed by atoms with E-state index in [0.29, 0.717) is 23.8 Å². The van der Waals surface area contributed by atoms with Gasteiger partial charge < -0.3 is 23.9 Å². The van der Waals surface area contributed by atoms with Gasteiger partial charge in [0.2, 0.25) is 0 Å². The number of aliphatic hydroxyl groups is 1. The van der Waals surface area contributed by atoms with Crippen LogP contribution in [0.3, 0.4) is 0 Å². The lowest BCUT2D eigenvalue weighted by atomic mass is 9.76. The third-order valence-corrected chi connectivity index (χ3v) is 5.65. The largest absolute Gasteiger partial charge is 0.496 e. The van der Waals surface area contributed by atoms with Crippen LogP contribution in [-0.4, -0.2) is 49.9 Å². The highest BCUT2D eigenvalue weighted by Gasteiger charge is 2.52. The van der Waals surface area contributed by atoms with Gasteiger partial charge >= 0.3 is 7.12 Å². The molecule has 2 aliphatic rings. The van der Waals surface area contributed by atoms with Gasteiger partial charge in [-0.25, -0.2) is 0 Å². The van der Waals surface area contributed by atoms with Gasteiger partial charge in [0.05, 0.1) is 37.6 Å². The average molecular weight is 355 g/mol. The fourth-order valence-corrected chi connectivity index (χ4v) is 3.35. The summed E-state index contributed by atoms with van der Waals surface area (Å²) in [6.45, 7) is 8.97. The van der Waals surface area contributed by atoms with Gasteiger partial charge in [0.1, 0.15) is 5.60 Å². The second-order valence-corrected chi connectivity index (χ2v) is 7.73. The van der Waals surface area contributed by atoms with Crippen LogP contribution in [0.4, 0.5) is 0 Å². The Labute approximate surface area is 148 Å². The smallest absolute Gasteiger partial charge is 0.399 e. The molecule has 3 rings (SSSR count). The Kier molecular flexibility index (Phi) is 4.75. The van der Waals surface area contributed by atoms with Crippen LogP contribution in [0, 0.1) is 0 Å².